The SMILES string of the molecule is COC(=O)c1ccc(C)c(NC(=O)CN2CCCCC2=O)c1. The zero-order valence-electron chi connectivity index (χ0n) is 12.8. The van der Waals surface area contributed by atoms with Crippen LogP contribution in [-0.4, -0.2) is 42.9 Å². The summed E-state index contributed by atoms with van der Waals surface area (Å²) in [6.45, 7) is 2.50. The van der Waals surface area contributed by atoms with Gasteiger partial charge in [0, 0.05) is 18.7 Å². The van der Waals surface area contributed by atoms with Gasteiger partial charge in [0.2, 0.25) is 11.8 Å². The lowest BCUT2D eigenvalue weighted by Crippen LogP contribution is -2.40. The van der Waals surface area contributed by atoms with Gasteiger partial charge in [0.05, 0.1) is 19.2 Å². The molecular formula is C16H20N2O4. The summed E-state index contributed by atoms with van der Waals surface area (Å²) in [5.41, 5.74) is 1.76. The van der Waals surface area contributed by atoms with E-state index in [1.807, 2.05) is 6.92 Å². The molecule has 6 nitrogen and oxygen atoms in total. The molecule has 0 aromatic heterocycles. The van der Waals surface area contributed by atoms with Crippen LogP contribution in [0.4, 0.5) is 5.69 Å². The molecule has 1 aliphatic heterocycles. The van der Waals surface area contributed by atoms with Crippen molar-refractivity contribution in [1.82, 2.24) is 4.90 Å². The smallest absolute Gasteiger partial charge is 0.337 e. The molecule has 6 heteroatoms. The van der Waals surface area contributed by atoms with Crippen molar-refractivity contribution in [3.05, 3.63) is 29.3 Å². The van der Waals surface area contributed by atoms with Crippen molar-refractivity contribution in [1.29, 1.82) is 0 Å². The van der Waals surface area contributed by atoms with Gasteiger partial charge in [0.15, 0.2) is 0 Å². The van der Waals surface area contributed by atoms with Gasteiger partial charge in [-0.15, -0.1) is 0 Å². The van der Waals surface area contributed by atoms with Crippen molar-refractivity contribution in [2.24, 2.45) is 0 Å². The molecule has 1 saturated heterocycles. The number of ether oxygens (including phenoxy) is 1. The van der Waals surface area contributed by atoms with E-state index >= 15 is 0 Å². The van der Waals surface area contributed by atoms with E-state index in [-0.39, 0.29) is 18.4 Å². The van der Waals surface area contributed by atoms with Gasteiger partial charge in [-0.1, -0.05) is 6.07 Å². The van der Waals surface area contributed by atoms with Crippen LogP contribution in [0.2, 0.25) is 0 Å². The molecule has 0 aliphatic carbocycles. The molecule has 2 amide bonds. The third-order valence-corrected chi connectivity index (χ3v) is 3.69. The Morgan fingerprint density at radius 1 is 1.32 bits per heavy atom. The van der Waals surface area contributed by atoms with Crippen LogP contribution in [0.5, 0.6) is 0 Å². The van der Waals surface area contributed by atoms with Crippen molar-refractivity contribution in [3.63, 3.8) is 0 Å². The first-order chi connectivity index (χ1) is 10.5. The van der Waals surface area contributed by atoms with Gasteiger partial charge in [-0.25, -0.2) is 4.79 Å². The Bertz CT molecular complexity index is 598. The molecular weight excluding hydrogens is 284 g/mol. The van der Waals surface area contributed by atoms with E-state index in [0.717, 1.165) is 18.4 Å². The minimum Gasteiger partial charge on any atom is -0.465 e. The first kappa shape index (κ1) is 16.0. The molecule has 22 heavy (non-hydrogen) atoms. The molecule has 0 saturated carbocycles. The van der Waals surface area contributed by atoms with Gasteiger partial charge in [-0.3, -0.25) is 9.59 Å². The fourth-order valence-electron chi connectivity index (χ4n) is 2.39. The molecule has 2 rings (SSSR count). The van der Waals surface area contributed by atoms with Crippen molar-refractivity contribution < 1.29 is 19.1 Å². The van der Waals surface area contributed by atoms with Crippen LogP contribution in [0.1, 0.15) is 35.2 Å². The summed E-state index contributed by atoms with van der Waals surface area (Å²) in [6.07, 6.45) is 2.32. The first-order valence-electron chi connectivity index (χ1n) is 7.28. The van der Waals surface area contributed by atoms with Crippen LogP contribution in [0, 0.1) is 6.92 Å². The highest BCUT2D eigenvalue weighted by Crippen LogP contribution is 2.18. The van der Waals surface area contributed by atoms with E-state index in [9.17, 15) is 14.4 Å². The number of nitrogens with one attached hydrogen (secondary N) is 1. The third kappa shape index (κ3) is 3.84. The molecule has 1 aromatic carbocycles. The average molecular weight is 304 g/mol. The summed E-state index contributed by atoms with van der Waals surface area (Å²) in [7, 11) is 1.31. The van der Waals surface area contributed by atoms with Crippen LogP contribution in [0.25, 0.3) is 0 Å². The molecule has 1 aliphatic rings. The molecule has 1 N–H and O–H groups in total. The van der Waals surface area contributed by atoms with Crippen LogP contribution >= 0.6 is 0 Å². The Morgan fingerprint density at radius 2 is 2.09 bits per heavy atom. The number of anilines is 1. The molecule has 1 heterocycles. The standard InChI is InChI=1S/C16H20N2O4/c1-11-6-7-12(16(21)22-2)9-13(11)17-14(19)10-18-8-4-3-5-15(18)20/h6-7,9H,3-5,8,10H2,1-2H3,(H,17,19). The fraction of sp³-hybridized carbons (Fsp3) is 0.438. The number of hydrogen-bond donors (Lipinski definition) is 1. The highest BCUT2D eigenvalue weighted by molar-refractivity contribution is 5.97. The van der Waals surface area contributed by atoms with Gasteiger partial charge in [0.25, 0.3) is 0 Å². The summed E-state index contributed by atoms with van der Waals surface area (Å²) in [4.78, 5) is 36.9. The summed E-state index contributed by atoms with van der Waals surface area (Å²) in [5, 5.41) is 2.76. The number of benzene rings is 1. The second kappa shape index (κ2) is 7.06. The van der Waals surface area contributed by atoms with Gasteiger partial charge >= 0.3 is 5.97 Å². The predicted octanol–water partition coefficient (Wildman–Crippen LogP) is 1.73. The molecule has 0 unspecified atom stereocenters. The maximum Gasteiger partial charge on any atom is 0.337 e. The zero-order chi connectivity index (χ0) is 16.1. The number of amides is 2. The number of aryl methyl sites for hydroxylation is 1. The van der Waals surface area contributed by atoms with E-state index < -0.39 is 5.97 Å². The minimum absolute atomic E-state index is 0.0152. The summed E-state index contributed by atoms with van der Waals surface area (Å²) in [5.74, 6) is -0.705. The van der Waals surface area contributed by atoms with Gasteiger partial charge < -0.3 is 15.0 Å². The van der Waals surface area contributed by atoms with Crippen molar-refractivity contribution in [2.75, 3.05) is 25.5 Å². The highest BCUT2D eigenvalue weighted by Gasteiger charge is 2.20. The monoisotopic (exact) mass is 304 g/mol. The molecule has 0 bridgehead atoms. The largest absolute Gasteiger partial charge is 0.465 e. The lowest BCUT2D eigenvalue weighted by Gasteiger charge is -2.26. The molecule has 0 spiro atoms. The Labute approximate surface area is 129 Å². The number of likely N-dealkylation sites (tertiary alicyclic amines) is 1. The van der Waals surface area contributed by atoms with Crippen molar-refractivity contribution in [2.45, 2.75) is 26.2 Å². The van der Waals surface area contributed by atoms with Crippen LogP contribution < -0.4 is 5.32 Å². The second-order valence-electron chi connectivity index (χ2n) is 5.34. The Balaban J connectivity index is 2.04. The number of rotatable bonds is 4. The quantitative estimate of drug-likeness (QED) is 0.860. The van der Waals surface area contributed by atoms with Crippen LogP contribution in [-0.2, 0) is 14.3 Å². The summed E-state index contributed by atoms with van der Waals surface area (Å²) in [6, 6.07) is 4.97. The number of methoxy groups -OCH3 is 1. The van der Waals surface area contributed by atoms with Gasteiger partial charge in [-0.2, -0.15) is 0 Å². The number of piperidine rings is 1. The van der Waals surface area contributed by atoms with Crippen LogP contribution in [0.3, 0.4) is 0 Å². The van der Waals surface area contributed by atoms with E-state index in [4.69, 9.17) is 0 Å². The first-order valence-corrected chi connectivity index (χ1v) is 7.28. The van der Waals surface area contributed by atoms with Gasteiger partial charge in [-0.05, 0) is 37.5 Å². The van der Waals surface area contributed by atoms with E-state index in [1.54, 1.807) is 23.1 Å². The maximum atomic E-state index is 12.1. The number of carbonyl (C=O) groups excluding carboxylic acids is 3. The Morgan fingerprint density at radius 3 is 2.77 bits per heavy atom. The third-order valence-electron chi connectivity index (χ3n) is 3.69. The minimum atomic E-state index is -0.457. The lowest BCUT2D eigenvalue weighted by atomic mass is 10.1. The predicted molar refractivity (Wildman–Crippen MR) is 81.6 cm³/mol. The summed E-state index contributed by atoms with van der Waals surface area (Å²) >= 11 is 0. The van der Waals surface area contributed by atoms with E-state index in [1.165, 1.54) is 7.11 Å². The average Bonchev–Trinajstić information content (AvgIpc) is 2.51. The molecule has 1 aromatic rings. The number of nitrogens with zero attached hydrogens (tertiary/aromatic N) is 1. The molecule has 0 radical (unpaired) electrons. The molecule has 118 valence electrons. The van der Waals surface area contributed by atoms with E-state index in [0.29, 0.717) is 24.2 Å². The van der Waals surface area contributed by atoms with Crippen molar-refractivity contribution >= 4 is 23.5 Å². The summed E-state index contributed by atoms with van der Waals surface area (Å²) < 4.78 is 4.67. The second-order valence-corrected chi connectivity index (χ2v) is 5.34. The number of hydrogen-bond acceptors (Lipinski definition) is 4. The van der Waals surface area contributed by atoms with Gasteiger partial charge in [0.1, 0.15) is 0 Å². The Kier molecular flexibility index (Phi) is 5.14. The maximum absolute atomic E-state index is 12.1. The molecule has 1 fully saturated rings. The Hall–Kier alpha value is -2.37. The zero-order valence-corrected chi connectivity index (χ0v) is 12.8. The van der Waals surface area contributed by atoms with Crippen molar-refractivity contribution in [3.8, 4) is 0 Å². The normalized spacial score (nSPS) is 14.6. The van der Waals surface area contributed by atoms with E-state index in [2.05, 4.69) is 10.1 Å². The number of esters is 1. The highest BCUT2D eigenvalue weighted by atomic mass is 16.5. The number of carbonyl (C=O) groups is 3. The topological polar surface area (TPSA) is 75.7 Å². The fourth-order valence-corrected chi connectivity index (χ4v) is 2.39. The lowest BCUT2D eigenvalue weighted by molar-refractivity contribution is -0.136. The molecule has 0 atom stereocenters. The van der Waals surface area contributed by atoms with Crippen LogP contribution in [0.15, 0.2) is 18.2 Å².